The lowest BCUT2D eigenvalue weighted by molar-refractivity contribution is -0.117. The second-order valence-electron chi connectivity index (χ2n) is 3.80. The molecule has 1 atom stereocenters. The number of rotatable bonds is 3. The lowest BCUT2D eigenvalue weighted by Gasteiger charge is -2.05. The average molecular weight is 226 g/mol. The fourth-order valence-electron chi connectivity index (χ4n) is 1.62. The fraction of sp³-hybridized carbons (Fsp3) is 0.0714. The van der Waals surface area contributed by atoms with Gasteiger partial charge in [0.25, 0.3) is 0 Å². The molecule has 0 bridgehead atoms. The molecule has 0 spiro atoms. The van der Waals surface area contributed by atoms with Gasteiger partial charge in [-0.2, -0.15) is 0 Å². The van der Waals surface area contributed by atoms with Crippen molar-refractivity contribution in [1.82, 2.24) is 0 Å². The Morgan fingerprint density at radius 2 is 1.47 bits per heavy atom. The molecule has 0 N–H and O–H groups in total. The molecular formula is C14H10O3. The number of benzene rings is 2. The number of hydrogen-bond donors (Lipinski definition) is 0. The van der Waals surface area contributed by atoms with Gasteiger partial charge in [-0.3, -0.25) is 0 Å². The molecule has 3 nitrogen and oxygen atoms in total. The van der Waals surface area contributed by atoms with Crippen molar-refractivity contribution in [1.29, 1.82) is 0 Å². The molecule has 1 aliphatic rings. The quantitative estimate of drug-likeness (QED) is 0.755. The van der Waals surface area contributed by atoms with Gasteiger partial charge in [0.1, 0.15) is 11.5 Å². The predicted molar refractivity (Wildman–Crippen MR) is 61.8 cm³/mol. The third-order valence-corrected chi connectivity index (χ3v) is 2.55. The van der Waals surface area contributed by atoms with Crippen LogP contribution in [0.5, 0.6) is 11.5 Å². The molecule has 1 aliphatic heterocycles. The minimum absolute atomic E-state index is 0.165. The van der Waals surface area contributed by atoms with Crippen LogP contribution in [-0.2, 0) is 9.53 Å². The molecular weight excluding hydrogens is 216 g/mol. The lowest BCUT2D eigenvalue weighted by Crippen LogP contribution is -1.85. The summed E-state index contributed by atoms with van der Waals surface area (Å²) in [6.45, 7) is 0. The van der Waals surface area contributed by atoms with Crippen molar-refractivity contribution in [2.24, 2.45) is 0 Å². The van der Waals surface area contributed by atoms with Crippen molar-refractivity contribution < 1.29 is 14.3 Å². The standard InChI is InChI=1S/C14H10O3/c15-14-13(17-14)10-6-8-12(9-7-10)16-11-4-2-1-3-5-11/h1-9,13H/t13-/m1/s1. The van der Waals surface area contributed by atoms with E-state index in [1.54, 1.807) is 0 Å². The summed E-state index contributed by atoms with van der Waals surface area (Å²) >= 11 is 0. The average Bonchev–Trinajstić information content (AvgIpc) is 3.09. The Kier molecular flexibility index (Phi) is 2.29. The summed E-state index contributed by atoms with van der Waals surface area (Å²) in [5.74, 6) is 1.37. The monoisotopic (exact) mass is 226 g/mol. The summed E-state index contributed by atoms with van der Waals surface area (Å²) in [5, 5.41) is 0. The number of cyclic esters (lactones) is 1. The number of para-hydroxylation sites is 1. The van der Waals surface area contributed by atoms with Crippen LogP contribution in [0.1, 0.15) is 11.7 Å². The van der Waals surface area contributed by atoms with E-state index in [-0.39, 0.29) is 12.1 Å². The van der Waals surface area contributed by atoms with Crippen LogP contribution in [0.3, 0.4) is 0 Å². The summed E-state index contributed by atoms with van der Waals surface area (Å²) in [6.07, 6.45) is -0.360. The first-order valence-corrected chi connectivity index (χ1v) is 5.36. The van der Waals surface area contributed by atoms with Gasteiger partial charge in [0.2, 0.25) is 6.10 Å². The number of carbonyl (C=O) groups is 1. The maximum absolute atomic E-state index is 10.8. The lowest BCUT2D eigenvalue weighted by atomic mass is 10.1. The topological polar surface area (TPSA) is 38.8 Å². The predicted octanol–water partition coefficient (Wildman–Crippen LogP) is 3.08. The number of carbonyl (C=O) groups excluding carboxylic acids is 1. The molecule has 3 rings (SSSR count). The van der Waals surface area contributed by atoms with Crippen LogP contribution >= 0.6 is 0 Å². The first-order valence-electron chi connectivity index (χ1n) is 5.36. The van der Waals surface area contributed by atoms with Gasteiger partial charge in [-0.1, -0.05) is 30.3 Å². The van der Waals surface area contributed by atoms with Crippen LogP contribution in [-0.4, -0.2) is 5.97 Å². The maximum atomic E-state index is 10.8. The van der Waals surface area contributed by atoms with E-state index in [4.69, 9.17) is 9.47 Å². The molecule has 0 aliphatic carbocycles. The van der Waals surface area contributed by atoms with Gasteiger partial charge < -0.3 is 9.47 Å². The van der Waals surface area contributed by atoms with Crippen LogP contribution in [0.25, 0.3) is 0 Å². The number of ether oxygens (including phenoxy) is 2. The van der Waals surface area contributed by atoms with Crippen molar-refractivity contribution in [2.75, 3.05) is 0 Å². The summed E-state index contributed by atoms with van der Waals surface area (Å²) in [4.78, 5) is 10.8. The number of hydrogen-bond acceptors (Lipinski definition) is 3. The first-order chi connectivity index (χ1) is 8.33. The van der Waals surface area contributed by atoms with E-state index in [1.807, 2.05) is 54.6 Å². The summed E-state index contributed by atoms with van der Waals surface area (Å²) < 4.78 is 10.4. The molecule has 1 saturated heterocycles. The minimum Gasteiger partial charge on any atom is -0.457 e. The first kappa shape index (κ1) is 9.90. The highest BCUT2D eigenvalue weighted by atomic mass is 16.6. The second kappa shape index (κ2) is 3.94. The van der Waals surface area contributed by atoms with Crippen molar-refractivity contribution in [2.45, 2.75) is 6.10 Å². The van der Waals surface area contributed by atoms with Crippen LogP contribution < -0.4 is 4.74 Å². The van der Waals surface area contributed by atoms with Gasteiger partial charge in [0.05, 0.1) is 0 Å². The van der Waals surface area contributed by atoms with Gasteiger partial charge in [-0.25, -0.2) is 4.79 Å². The van der Waals surface area contributed by atoms with Crippen molar-refractivity contribution >= 4 is 5.97 Å². The Balaban J connectivity index is 1.74. The van der Waals surface area contributed by atoms with E-state index in [1.165, 1.54) is 0 Å². The van der Waals surface area contributed by atoms with E-state index in [2.05, 4.69) is 0 Å². The third kappa shape index (κ3) is 2.13. The maximum Gasteiger partial charge on any atom is 0.353 e. The highest BCUT2D eigenvalue weighted by molar-refractivity contribution is 5.88. The van der Waals surface area contributed by atoms with Crippen LogP contribution in [0.2, 0.25) is 0 Å². The van der Waals surface area contributed by atoms with E-state index in [0.29, 0.717) is 0 Å². The van der Waals surface area contributed by atoms with Crippen molar-refractivity contribution in [3.8, 4) is 11.5 Å². The van der Waals surface area contributed by atoms with Gasteiger partial charge in [0, 0.05) is 5.56 Å². The van der Waals surface area contributed by atoms with E-state index in [9.17, 15) is 4.79 Å². The second-order valence-corrected chi connectivity index (χ2v) is 3.80. The molecule has 0 unspecified atom stereocenters. The van der Waals surface area contributed by atoms with Gasteiger partial charge in [0.15, 0.2) is 0 Å². The molecule has 17 heavy (non-hydrogen) atoms. The fourth-order valence-corrected chi connectivity index (χ4v) is 1.62. The zero-order chi connectivity index (χ0) is 11.7. The molecule has 0 radical (unpaired) electrons. The largest absolute Gasteiger partial charge is 0.457 e. The molecule has 0 amide bonds. The van der Waals surface area contributed by atoms with Crippen LogP contribution in [0.4, 0.5) is 0 Å². The Bertz CT molecular complexity index is 531. The van der Waals surface area contributed by atoms with Crippen molar-refractivity contribution in [3.05, 3.63) is 60.2 Å². The Hall–Kier alpha value is -2.29. The smallest absolute Gasteiger partial charge is 0.353 e. The molecule has 3 heteroatoms. The molecule has 0 saturated carbocycles. The summed E-state index contributed by atoms with van der Waals surface area (Å²) in [6, 6.07) is 16.9. The Morgan fingerprint density at radius 3 is 2.06 bits per heavy atom. The highest BCUT2D eigenvalue weighted by Gasteiger charge is 2.39. The highest BCUT2D eigenvalue weighted by Crippen LogP contribution is 2.33. The molecule has 84 valence electrons. The summed E-state index contributed by atoms with van der Waals surface area (Å²) in [7, 11) is 0. The SMILES string of the molecule is O=C1O[C@@H]1c1ccc(Oc2ccccc2)cc1. The molecule has 1 heterocycles. The third-order valence-electron chi connectivity index (χ3n) is 2.55. The molecule has 2 aromatic rings. The Morgan fingerprint density at radius 1 is 0.882 bits per heavy atom. The minimum atomic E-state index is -0.360. The molecule has 1 fully saturated rings. The Labute approximate surface area is 98.6 Å². The van der Waals surface area contributed by atoms with Gasteiger partial charge >= 0.3 is 5.97 Å². The zero-order valence-electron chi connectivity index (χ0n) is 9.00. The van der Waals surface area contributed by atoms with Gasteiger partial charge in [-0.15, -0.1) is 0 Å². The van der Waals surface area contributed by atoms with Crippen LogP contribution in [0.15, 0.2) is 54.6 Å². The van der Waals surface area contributed by atoms with Gasteiger partial charge in [-0.05, 0) is 24.3 Å². The zero-order valence-corrected chi connectivity index (χ0v) is 9.00. The molecule has 2 aromatic carbocycles. The molecule has 0 aromatic heterocycles. The van der Waals surface area contributed by atoms with E-state index >= 15 is 0 Å². The summed E-state index contributed by atoms with van der Waals surface area (Å²) in [5.41, 5.74) is 0.871. The normalized spacial score (nSPS) is 17.4. The van der Waals surface area contributed by atoms with Crippen molar-refractivity contribution in [3.63, 3.8) is 0 Å². The van der Waals surface area contributed by atoms with E-state index < -0.39 is 0 Å². The van der Waals surface area contributed by atoms with Crippen LogP contribution in [0, 0.1) is 0 Å². The number of epoxide rings is 1. The van der Waals surface area contributed by atoms with E-state index in [0.717, 1.165) is 17.1 Å².